The molecule has 6 heteroatoms. The van der Waals surface area contributed by atoms with Gasteiger partial charge >= 0.3 is 5.97 Å². The van der Waals surface area contributed by atoms with Crippen LogP contribution in [0.25, 0.3) is 0 Å². The molecule has 3 rings (SSSR count). The summed E-state index contributed by atoms with van der Waals surface area (Å²) in [5.74, 6) is -2.59. The van der Waals surface area contributed by atoms with Gasteiger partial charge in [0.15, 0.2) is 11.4 Å². The van der Waals surface area contributed by atoms with E-state index in [1.165, 1.54) is 19.3 Å². The number of esters is 1. The van der Waals surface area contributed by atoms with Crippen molar-refractivity contribution >= 4 is 29.1 Å². The first-order chi connectivity index (χ1) is 14.6. The summed E-state index contributed by atoms with van der Waals surface area (Å²) in [5, 5.41) is -0.0296. The minimum Gasteiger partial charge on any atom is -0.465 e. The van der Waals surface area contributed by atoms with Crippen molar-refractivity contribution in [1.82, 2.24) is 0 Å². The van der Waals surface area contributed by atoms with E-state index in [2.05, 4.69) is 19.9 Å². The van der Waals surface area contributed by atoms with Crippen LogP contribution in [0.1, 0.15) is 41.0 Å². The van der Waals surface area contributed by atoms with Crippen molar-refractivity contribution in [3.05, 3.63) is 70.2 Å². The molecule has 1 aliphatic carbocycles. The molecule has 0 bridgehead atoms. The summed E-state index contributed by atoms with van der Waals surface area (Å²) in [5.41, 5.74) is 0.531. The number of carbonyl (C=O) groups excluding carboxylic acids is 3. The van der Waals surface area contributed by atoms with Gasteiger partial charge in [-0.2, -0.15) is 0 Å². The maximum Gasteiger partial charge on any atom is 0.318 e. The molecule has 0 aromatic carbocycles. The Morgan fingerprint density at radius 2 is 2.03 bits per heavy atom. The van der Waals surface area contributed by atoms with Crippen LogP contribution in [0.15, 0.2) is 70.2 Å². The van der Waals surface area contributed by atoms with Crippen LogP contribution in [0, 0.1) is 17.8 Å². The molecule has 1 saturated heterocycles. The highest BCUT2D eigenvalue weighted by atomic mass is 35.5. The molecule has 0 unspecified atom stereocenters. The average Bonchev–Trinajstić information content (AvgIpc) is 3.01. The van der Waals surface area contributed by atoms with Crippen molar-refractivity contribution in [2.24, 2.45) is 17.8 Å². The zero-order chi connectivity index (χ0) is 22.9. The highest BCUT2D eigenvalue weighted by molar-refractivity contribution is 6.45. The number of ketones is 2. The molecule has 0 amide bonds. The molecule has 0 saturated carbocycles. The van der Waals surface area contributed by atoms with Crippen LogP contribution in [0.2, 0.25) is 0 Å². The normalized spacial score (nSPS) is 29.4. The van der Waals surface area contributed by atoms with E-state index in [1.54, 1.807) is 25.2 Å². The smallest absolute Gasteiger partial charge is 0.318 e. The number of carbonyl (C=O) groups is 3. The molecule has 164 valence electrons. The molecule has 4 atom stereocenters. The van der Waals surface area contributed by atoms with Gasteiger partial charge in [-0.05, 0) is 44.9 Å². The highest BCUT2D eigenvalue weighted by Crippen LogP contribution is 2.52. The number of fused-ring (bicyclic) bond motifs is 3. The SMILES string of the molecule is C/C=C/C(=O)[C@H]1C(=O)O[C@]2(C)C(=O)C(Cl)=C3C=C(/C=C/C(C)=C\[C@H](C)CC)OC=C3[C@H]12. The Morgan fingerprint density at radius 1 is 1.32 bits per heavy atom. The Bertz CT molecular complexity index is 1010. The van der Waals surface area contributed by atoms with Crippen molar-refractivity contribution in [2.45, 2.75) is 46.6 Å². The molecule has 2 heterocycles. The molecule has 0 aromatic rings. The molecule has 2 aliphatic heterocycles. The van der Waals surface area contributed by atoms with Gasteiger partial charge in [-0.1, -0.05) is 55.7 Å². The summed E-state index contributed by atoms with van der Waals surface area (Å²) in [7, 11) is 0. The lowest BCUT2D eigenvalue weighted by atomic mass is 9.67. The van der Waals surface area contributed by atoms with Crippen molar-refractivity contribution in [2.75, 3.05) is 0 Å². The lowest BCUT2D eigenvalue weighted by Gasteiger charge is -2.36. The van der Waals surface area contributed by atoms with E-state index >= 15 is 0 Å². The summed E-state index contributed by atoms with van der Waals surface area (Å²) in [6.45, 7) is 9.48. The zero-order valence-electron chi connectivity index (χ0n) is 18.4. The lowest BCUT2D eigenvalue weighted by molar-refractivity contribution is -0.156. The van der Waals surface area contributed by atoms with Crippen LogP contribution in [0.5, 0.6) is 0 Å². The van der Waals surface area contributed by atoms with Crippen molar-refractivity contribution in [3.63, 3.8) is 0 Å². The number of halogens is 1. The second kappa shape index (κ2) is 8.83. The van der Waals surface area contributed by atoms with E-state index in [1.807, 2.05) is 13.0 Å². The van der Waals surface area contributed by atoms with Gasteiger partial charge in [0.05, 0.1) is 17.2 Å². The summed E-state index contributed by atoms with van der Waals surface area (Å²) in [6, 6.07) is 0. The van der Waals surface area contributed by atoms with Crippen LogP contribution < -0.4 is 0 Å². The Balaban J connectivity index is 1.99. The first-order valence-corrected chi connectivity index (χ1v) is 10.8. The quantitative estimate of drug-likeness (QED) is 0.247. The van der Waals surface area contributed by atoms with Gasteiger partial charge in [0.25, 0.3) is 0 Å². The molecular formula is C25H27ClO5. The second-order valence-corrected chi connectivity index (χ2v) is 8.69. The predicted molar refractivity (Wildman–Crippen MR) is 119 cm³/mol. The van der Waals surface area contributed by atoms with Crippen molar-refractivity contribution in [1.29, 1.82) is 0 Å². The van der Waals surface area contributed by atoms with Gasteiger partial charge in [-0.15, -0.1) is 0 Å². The van der Waals surface area contributed by atoms with Gasteiger partial charge in [0.1, 0.15) is 11.7 Å². The minimum absolute atomic E-state index is 0.0296. The monoisotopic (exact) mass is 442 g/mol. The maximum absolute atomic E-state index is 13.1. The van der Waals surface area contributed by atoms with Crippen LogP contribution in [0.4, 0.5) is 0 Å². The fraction of sp³-hybridized carbons (Fsp3) is 0.400. The third kappa shape index (κ3) is 4.11. The molecule has 1 fully saturated rings. The summed E-state index contributed by atoms with van der Waals surface area (Å²) < 4.78 is 11.2. The molecular weight excluding hydrogens is 416 g/mol. The number of rotatable bonds is 6. The Labute approximate surface area is 187 Å². The van der Waals surface area contributed by atoms with Crippen molar-refractivity contribution < 1.29 is 23.9 Å². The standard InChI is InChI=1S/C25H27ClO5/c1-6-8-19(27)20-21-18-13-30-16(10-9-15(4)11-14(3)7-2)12-17(18)22(26)23(28)25(21,5)31-24(20)29/h6,8-14,20-21H,7H2,1-5H3/b8-6+,10-9+,15-11-/t14-,20-,21-,25+/m1/s1. The van der Waals surface area contributed by atoms with Crippen molar-refractivity contribution in [3.8, 4) is 0 Å². The van der Waals surface area contributed by atoms with Crippen LogP contribution in [-0.4, -0.2) is 23.1 Å². The number of ether oxygens (including phenoxy) is 2. The molecule has 0 spiro atoms. The number of Topliss-reactive ketones (excluding diaryl/α,β-unsaturated/α-hetero) is 1. The van der Waals surface area contributed by atoms with Crippen LogP contribution >= 0.6 is 11.6 Å². The third-order valence-corrected chi connectivity index (χ3v) is 6.35. The summed E-state index contributed by atoms with van der Waals surface area (Å²) >= 11 is 6.41. The summed E-state index contributed by atoms with van der Waals surface area (Å²) in [4.78, 5) is 38.2. The molecule has 3 aliphatic rings. The van der Waals surface area contributed by atoms with Gasteiger partial charge in [-0.3, -0.25) is 14.4 Å². The Morgan fingerprint density at radius 3 is 2.68 bits per heavy atom. The van der Waals surface area contributed by atoms with Crippen LogP contribution in [0.3, 0.4) is 0 Å². The molecule has 0 radical (unpaired) electrons. The van der Waals surface area contributed by atoms with E-state index in [0.29, 0.717) is 22.8 Å². The molecule has 0 N–H and O–H groups in total. The van der Waals surface area contributed by atoms with E-state index < -0.39 is 35.0 Å². The average molecular weight is 443 g/mol. The highest BCUT2D eigenvalue weighted by Gasteiger charge is 2.63. The van der Waals surface area contributed by atoms with Gasteiger partial charge in [-0.25, -0.2) is 0 Å². The predicted octanol–water partition coefficient (Wildman–Crippen LogP) is 5.10. The van der Waals surface area contributed by atoms with Gasteiger partial charge in [0, 0.05) is 11.1 Å². The van der Waals surface area contributed by atoms with Gasteiger partial charge < -0.3 is 9.47 Å². The van der Waals surface area contributed by atoms with E-state index in [4.69, 9.17) is 21.1 Å². The first kappa shape index (κ1) is 23.0. The first-order valence-electron chi connectivity index (χ1n) is 10.4. The fourth-order valence-electron chi connectivity index (χ4n) is 4.15. The van der Waals surface area contributed by atoms with Crippen LogP contribution in [-0.2, 0) is 23.9 Å². The van der Waals surface area contributed by atoms with E-state index in [9.17, 15) is 14.4 Å². The largest absolute Gasteiger partial charge is 0.465 e. The number of hydrogen-bond acceptors (Lipinski definition) is 5. The number of hydrogen-bond donors (Lipinski definition) is 0. The van der Waals surface area contributed by atoms with E-state index in [0.717, 1.165) is 12.0 Å². The summed E-state index contributed by atoms with van der Waals surface area (Å²) in [6.07, 6.45) is 13.0. The molecule has 5 nitrogen and oxygen atoms in total. The topological polar surface area (TPSA) is 69.7 Å². The third-order valence-electron chi connectivity index (χ3n) is 5.97. The number of allylic oxidation sites excluding steroid dienone is 8. The Hall–Kier alpha value is -2.66. The second-order valence-electron chi connectivity index (χ2n) is 8.31. The van der Waals surface area contributed by atoms with E-state index in [-0.39, 0.29) is 5.03 Å². The zero-order valence-corrected chi connectivity index (χ0v) is 19.2. The van der Waals surface area contributed by atoms with Gasteiger partial charge in [0.2, 0.25) is 5.78 Å². The maximum atomic E-state index is 13.1. The molecule has 0 aromatic heterocycles. The fourth-order valence-corrected chi connectivity index (χ4v) is 4.50. The lowest BCUT2D eigenvalue weighted by Crippen LogP contribution is -2.47. The molecule has 31 heavy (non-hydrogen) atoms. The Kier molecular flexibility index (Phi) is 6.56. The minimum atomic E-state index is -1.54.